The summed E-state index contributed by atoms with van der Waals surface area (Å²) in [6, 6.07) is 17.3. The molecule has 2 aromatic carbocycles. The number of nitrogens with one attached hydrogen (secondary N) is 3. The summed E-state index contributed by atoms with van der Waals surface area (Å²) >= 11 is 0. The predicted molar refractivity (Wildman–Crippen MR) is 102 cm³/mol. The molecule has 2 heterocycles. The van der Waals surface area contributed by atoms with Crippen LogP contribution in [0.5, 0.6) is 0 Å². The number of imidazole rings is 1. The molecule has 0 atom stereocenters. The van der Waals surface area contributed by atoms with Crippen LogP contribution in [-0.4, -0.2) is 20.4 Å². The molecule has 2 aromatic heterocycles. The lowest BCUT2D eigenvalue weighted by atomic mass is 10.2. The van der Waals surface area contributed by atoms with E-state index in [0.29, 0.717) is 17.9 Å². The van der Waals surface area contributed by atoms with Crippen LogP contribution >= 0.6 is 0 Å². The van der Waals surface area contributed by atoms with E-state index in [1.54, 1.807) is 0 Å². The van der Waals surface area contributed by atoms with Crippen LogP contribution in [0.4, 0.5) is 5.69 Å². The number of anilines is 1. The van der Waals surface area contributed by atoms with Crippen LogP contribution < -0.4 is 11.0 Å². The highest BCUT2D eigenvalue weighted by molar-refractivity contribution is 6.07. The fraction of sp³-hybridized carbons (Fsp3) is 0.100. The smallest absolute Gasteiger partial charge is 0.326 e. The maximum absolute atomic E-state index is 12.8. The predicted octanol–water partition coefficient (Wildman–Crippen LogP) is 3.27. The van der Waals surface area contributed by atoms with E-state index in [9.17, 15) is 9.59 Å². The summed E-state index contributed by atoms with van der Waals surface area (Å²) in [5, 5.41) is 3.93. The summed E-state index contributed by atoms with van der Waals surface area (Å²) in [6.45, 7) is 2.30. The number of carbonyl (C=O) groups is 1. The van der Waals surface area contributed by atoms with Crippen molar-refractivity contribution in [2.75, 3.05) is 5.32 Å². The zero-order valence-corrected chi connectivity index (χ0v) is 14.2. The monoisotopic (exact) mass is 346 g/mol. The van der Waals surface area contributed by atoms with Crippen molar-refractivity contribution in [3.63, 3.8) is 0 Å². The van der Waals surface area contributed by atoms with Crippen molar-refractivity contribution in [2.24, 2.45) is 0 Å². The summed E-state index contributed by atoms with van der Waals surface area (Å²) in [4.78, 5) is 30.8. The van der Waals surface area contributed by atoms with Crippen LogP contribution in [-0.2, 0) is 6.54 Å². The van der Waals surface area contributed by atoms with Gasteiger partial charge in [0.2, 0.25) is 0 Å². The minimum absolute atomic E-state index is 0.291. The van der Waals surface area contributed by atoms with E-state index in [-0.39, 0.29) is 11.6 Å². The SMILES string of the molecule is Cc1cc2cccc(NC(=O)c3c[nH]c(=O)n3Cc3ccccc3)c2[nH]1. The van der Waals surface area contributed by atoms with Gasteiger partial charge in [-0.05, 0) is 24.6 Å². The Morgan fingerprint density at radius 2 is 1.92 bits per heavy atom. The minimum Gasteiger partial charge on any atom is -0.357 e. The molecule has 0 saturated heterocycles. The minimum atomic E-state index is -0.334. The molecule has 0 unspecified atom stereocenters. The first kappa shape index (κ1) is 16.0. The van der Waals surface area contributed by atoms with Crippen LogP contribution in [0.2, 0.25) is 0 Å². The number of amides is 1. The Kier molecular flexibility index (Phi) is 3.93. The molecule has 0 aliphatic carbocycles. The van der Waals surface area contributed by atoms with Crippen LogP contribution in [0.25, 0.3) is 10.9 Å². The number of aryl methyl sites for hydroxylation is 1. The van der Waals surface area contributed by atoms with Crippen molar-refractivity contribution >= 4 is 22.5 Å². The first-order valence-electron chi connectivity index (χ1n) is 8.33. The fourth-order valence-electron chi connectivity index (χ4n) is 3.09. The molecule has 6 heteroatoms. The van der Waals surface area contributed by atoms with Gasteiger partial charge in [0.25, 0.3) is 5.91 Å². The topological polar surface area (TPSA) is 82.7 Å². The number of carbonyl (C=O) groups excluding carboxylic acids is 1. The van der Waals surface area contributed by atoms with E-state index in [1.165, 1.54) is 10.8 Å². The number of aromatic nitrogens is 3. The van der Waals surface area contributed by atoms with Gasteiger partial charge in [0, 0.05) is 17.3 Å². The highest BCUT2D eigenvalue weighted by atomic mass is 16.2. The number of rotatable bonds is 4. The van der Waals surface area contributed by atoms with Crippen LogP contribution in [0, 0.1) is 6.92 Å². The number of hydrogen-bond donors (Lipinski definition) is 3. The van der Waals surface area contributed by atoms with Crippen molar-refractivity contribution in [2.45, 2.75) is 13.5 Å². The second-order valence-electron chi connectivity index (χ2n) is 6.23. The molecular weight excluding hydrogens is 328 g/mol. The Labute approximate surface area is 149 Å². The van der Waals surface area contributed by atoms with Crippen molar-refractivity contribution in [3.05, 3.63) is 88.2 Å². The Hall–Kier alpha value is -3.54. The average Bonchev–Trinajstić information content (AvgIpc) is 3.19. The Morgan fingerprint density at radius 1 is 1.12 bits per heavy atom. The number of nitrogens with zero attached hydrogens (tertiary/aromatic N) is 1. The van der Waals surface area contributed by atoms with Gasteiger partial charge < -0.3 is 15.3 Å². The maximum Gasteiger partial charge on any atom is 0.326 e. The second-order valence-corrected chi connectivity index (χ2v) is 6.23. The zero-order valence-electron chi connectivity index (χ0n) is 14.2. The van der Waals surface area contributed by atoms with Crippen LogP contribution in [0.15, 0.2) is 65.6 Å². The van der Waals surface area contributed by atoms with E-state index in [4.69, 9.17) is 0 Å². The molecule has 0 aliphatic rings. The van der Waals surface area contributed by atoms with Gasteiger partial charge in [0.1, 0.15) is 5.69 Å². The molecule has 1 amide bonds. The molecule has 0 spiro atoms. The molecular formula is C20H18N4O2. The number of fused-ring (bicyclic) bond motifs is 1. The van der Waals surface area contributed by atoms with Gasteiger partial charge in [0.15, 0.2) is 0 Å². The summed E-state index contributed by atoms with van der Waals surface area (Å²) in [5.74, 6) is -0.334. The third-order valence-electron chi connectivity index (χ3n) is 4.32. The lowest BCUT2D eigenvalue weighted by molar-refractivity contribution is 0.101. The third kappa shape index (κ3) is 2.93. The van der Waals surface area contributed by atoms with E-state index >= 15 is 0 Å². The summed E-state index contributed by atoms with van der Waals surface area (Å²) < 4.78 is 1.44. The first-order chi connectivity index (χ1) is 12.6. The van der Waals surface area contributed by atoms with Gasteiger partial charge in [-0.25, -0.2) is 4.79 Å². The molecule has 0 radical (unpaired) electrons. The van der Waals surface area contributed by atoms with Crippen molar-refractivity contribution in [1.29, 1.82) is 0 Å². The Morgan fingerprint density at radius 3 is 2.73 bits per heavy atom. The molecule has 0 saturated carbocycles. The van der Waals surface area contributed by atoms with Gasteiger partial charge in [-0.2, -0.15) is 0 Å². The van der Waals surface area contributed by atoms with Crippen molar-refractivity contribution in [1.82, 2.24) is 14.5 Å². The number of aromatic amines is 2. The standard InChI is InChI=1S/C20H18N4O2/c1-13-10-15-8-5-9-16(18(15)22-13)23-19(25)17-11-21-20(26)24(17)12-14-6-3-2-4-7-14/h2-11,22H,12H2,1H3,(H,21,26)(H,23,25). The average molecular weight is 346 g/mol. The quantitative estimate of drug-likeness (QED) is 0.530. The van der Waals surface area contributed by atoms with Crippen molar-refractivity contribution < 1.29 is 4.79 Å². The third-order valence-corrected chi connectivity index (χ3v) is 4.32. The molecule has 0 fully saturated rings. The molecule has 4 aromatic rings. The fourth-order valence-corrected chi connectivity index (χ4v) is 3.09. The largest absolute Gasteiger partial charge is 0.357 e. The van der Waals surface area contributed by atoms with Gasteiger partial charge in [-0.1, -0.05) is 42.5 Å². The number of para-hydroxylation sites is 1. The summed E-state index contributed by atoms with van der Waals surface area (Å²) in [5.41, 5.74) is 3.49. The highest BCUT2D eigenvalue weighted by Gasteiger charge is 2.16. The van der Waals surface area contributed by atoms with Gasteiger partial charge >= 0.3 is 5.69 Å². The zero-order chi connectivity index (χ0) is 18.1. The lowest BCUT2D eigenvalue weighted by Gasteiger charge is -2.09. The Balaban J connectivity index is 1.66. The highest BCUT2D eigenvalue weighted by Crippen LogP contribution is 2.23. The van der Waals surface area contributed by atoms with E-state index in [2.05, 4.69) is 15.3 Å². The molecule has 3 N–H and O–H groups in total. The molecule has 6 nitrogen and oxygen atoms in total. The Bertz CT molecular complexity index is 1140. The first-order valence-corrected chi connectivity index (χ1v) is 8.33. The molecule has 130 valence electrons. The molecule has 26 heavy (non-hydrogen) atoms. The van der Waals surface area contributed by atoms with Crippen LogP contribution in [0.1, 0.15) is 21.7 Å². The van der Waals surface area contributed by atoms with Gasteiger partial charge in [-0.3, -0.25) is 9.36 Å². The normalized spacial score (nSPS) is 11.0. The second kappa shape index (κ2) is 6.40. The number of H-pyrrole nitrogens is 2. The maximum atomic E-state index is 12.8. The molecule has 0 bridgehead atoms. The van der Waals surface area contributed by atoms with E-state index in [1.807, 2.05) is 61.5 Å². The van der Waals surface area contributed by atoms with E-state index < -0.39 is 0 Å². The molecule has 0 aliphatic heterocycles. The van der Waals surface area contributed by atoms with Crippen molar-refractivity contribution in [3.8, 4) is 0 Å². The lowest BCUT2D eigenvalue weighted by Crippen LogP contribution is -2.24. The van der Waals surface area contributed by atoms with Gasteiger partial charge in [0.05, 0.1) is 17.7 Å². The summed E-state index contributed by atoms with van der Waals surface area (Å²) in [7, 11) is 0. The van der Waals surface area contributed by atoms with Gasteiger partial charge in [-0.15, -0.1) is 0 Å². The van der Waals surface area contributed by atoms with E-state index in [0.717, 1.165) is 22.2 Å². The number of hydrogen-bond acceptors (Lipinski definition) is 2. The number of benzene rings is 2. The molecule has 4 rings (SSSR count). The van der Waals surface area contributed by atoms with Crippen LogP contribution in [0.3, 0.4) is 0 Å². The summed E-state index contributed by atoms with van der Waals surface area (Å²) in [6.07, 6.45) is 1.45.